The average molecular weight is 234 g/mol. The Morgan fingerprint density at radius 1 is 1.40 bits per heavy atom. The Morgan fingerprint density at radius 2 is 2.00 bits per heavy atom. The summed E-state index contributed by atoms with van der Waals surface area (Å²) >= 11 is 5.05. The van der Waals surface area contributed by atoms with Gasteiger partial charge in [-0.05, 0) is 23.7 Å². The molecule has 0 heterocycles. The van der Waals surface area contributed by atoms with Gasteiger partial charge in [0.15, 0.2) is 0 Å². The largest absolute Gasteiger partial charge is 0.417 e. The summed E-state index contributed by atoms with van der Waals surface area (Å²) in [7, 11) is 0. The van der Waals surface area contributed by atoms with Crippen LogP contribution in [-0.2, 0) is 6.18 Å². The Kier molecular flexibility index (Phi) is 3.01. The molecule has 1 rings (SSSR count). The van der Waals surface area contributed by atoms with E-state index in [0.717, 1.165) is 18.2 Å². The highest BCUT2D eigenvalue weighted by Crippen LogP contribution is 2.33. The molecule has 0 saturated carbocycles. The molecule has 0 aliphatic heterocycles. The maximum absolute atomic E-state index is 12.4. The van der Waals surface area contributed by atoms with E-state index in [2.05, 4.69) is 0 Å². The van der Waals surface area contributed by atoms with Crippen LogP contribution in [0.5, 0.6) is 0 Å². The van der Waals surface area contributed by atoms with E-state index in [1.165, 1.54) is 6.07 Å². The summed E-state index contributed by atoms with van der Waals surface area (Å²) in [5.41, 5.74) is -2.34. The van der Waals surface area contributed by atoms with E-state index in [0.29, 0.717) is 0 Å². The normalized spacial score (nSPS) is 10.9. The first-order valence-electron chi connectivity index (χ1n) is 3.68. The predicted octanol–water partition coefficient (Wildman–Crippen LogP) is 2.96. The van der Waals surface area contributed by atoms with Gasteiger partial charge in [-0.1, -0.05) is 6.07 Å². The number of hydrogen-bond acceptors (Lipinski definition) is 2. The molecule has 6 heteroatoms. The molecule has 0 bridgehead atoms. The van der Waals surface area contributed by atoms with Crippen molar-refractivity contribution in [1.29, 1.82) is 5.26 Å². The van der Waals surface area contributed by atoms with E-state index >= 15 is 0 Å². The number of carbonyl (C=O) groups excluding carboxylic acids is 1. The van der Waals surface area contributed by atoms with Gasteiger partial charge in [-0.3, -0.25) is 4.79 Å². The Bertz CT molecular complexity index is 448. The summed E-state index contributed by atoms with van der Waals surface area (Å²) in [5.74, 6) is 0. The lowest BCUT2D eigenvalue weighted by Crippen LogP contribution is -2.10. The molecule has 0 saturated heterocycles. The molecule has 0 N–H and O–H groups in total. The van der Waals surface area contributed by atoms with Crippen LogP contribution in [-0.4, -0.2) is 5.24 Å². The van der Waals surface area contributed by atoms with Crippen LogP contribution in [0, 0.1) is 11.3 Å². The second-order valence-corrected chi connectivity index (χ2v) is 2.95. The van der Waals surface area contributed by atoms with Crippen LogP contribution >= 0.6 is 11.6 Å². The maximum atomic E-state index is 12.4. The summed E-state index contributed by atoms with van der Waals surface area (Å²) in [6.07, 6.45) is -4.67. The van der Waals surface area contributed by atoms with Crippen LogP contribution in [0.1, 0.15) is 21.5 Å². The van der Waals surface area contributed by atoms with Gasteiger partial charge in [0.05, 0.1) is 16.7 Å². The highest BCUT2D eigenvalue weighted by Gasteiger charge is 2.35. The molecule has 15 heavy (non-hydrogen) atoms. The van der Waals surface area contributed by atoms with Gasteiger partial charge in [-0.15, -0.1) is 0 Å². The van der Waals surface area contributed by atoms with Gasteiger partial charge in [-0.2, -0.15) is 18.4 Å². The number of hydrogen-bond donors (Lipinski definition) is 0. The first-order valence-corrected chi connectivity index (χ1v) is 4.06. The molecule has 0 aliphatic carbocycles. The van der Waals surface area contributed by atoms with E-state index in [4.69, 9.17) is 16.9 Å². The molecule has 0 amide bonds. The monoisotopic (exact) mass is 233 g/mol. The van der Waals surface area contributed by atoms with Crippen LogP contribution < -0.4 is 0 Å². The first kappa shape index (κ1) is 11.5. The minimum atomic E-state index is -4.67. The SMILES string of the molecule is N#Cc1c(C(=O)Cl)cccc1C(F)(F)F. The van der Waals surface area contributed by atoms with Crippen molar-refractivity contribution in [3.8, 4) is 6.07 Å². The Morgan fingerprint density at radius 3 is 2.40 bits per heavy atom. The predicted molar refractivity (Wildman–Crippen MR) is 46.3 cm³/mol. The Hall–Kier alpha value is -1.54. The molecule has 1 aromatic carbocycles. The summed E-state index contributed by atoms with van der Waals surface area (Å²) < 4.78 is 37.1. The van der Waals surface area contributed by atoms with Crippen molar-refractivity contribution in [3.05, 3.63) is 34.9 Å². The second-order valence-electron chi connectivity index (χ2n) is 2.61. The molecule has 0 spiro atoms. The summed E-state index contributed by atoms with van der Waals surface area (Å²) in [6, 6.07) is 4.15. The molecule has 0 unspecified atom stereocenters. The van der Waals surface area contributed by atoms with Crippen molar-refractivity contribution in [2.75, 3.05) is 0 Å². The third-order valence-corrected chi connectivity index (χ3v) is 1.90. The van der Waals surface area contributed by atoms with Gasteiger partial charge in [0, 0.05) is 0 Å². The molecule has 78 valence electrons. The van der Waals surface area contributed by atoms with Crippen molar-refractivity contribution in [2.24, 2.45) is 0 Å². The Labute approximate surface area is 87.9 Å². The summed E-state index contributed by atoms with van der Waals surface area (Å²) in [5, 5.41) is 7.47. The molecule has 0 aromatic heterocycles. The number of halogens is 4. The van der Waals surface area contributed by atoms with Gasteiger partial charge >= 0.3 is 6.18 Å². The third kappa shape index (κ3) is 2.28. The summed E-state index contributed by atoms with van der Waals surface area (Å²) in [6.45, 7) is 0. The molecular weight excluding hydrogens is 231 g/mol. The van der Waals surface area contributed by atoms with Gasteiger partial charge < -0.3 is 0 Å². The number of nitrogens with zero attached hydrogens (tertiary/aromatic N) is 1. The van der Waals surface area contributed by atoms with E-state index in [1.807, 2.05) is 0 Å². The van der Waals surface area contributed by atoms with Gasteiger partial charge in [0.25, 0.3) is 5.24 Å². The number of rotatable bonds is 1. The van der Waals surface area contributed by atoms with Crippen LogP contribution in [0.25, 0.3) is 0 Å². The van der Waals surface area contributed by atoms with Crippen LogP contribution in [0.3, 0.4) is 0 Å². The molecular formula is C9H3ClF3NO. The lowest BCUT2D eigenvalue weighted by atomic mass is 10.0. The number of nitriles is 1. The zero-order valence-corrected chi connectivity index (χ0v) is 7.86. The van der Waals surface area contributed by atoms with Crippen molar-refractivity contribution in [2.45, 2.75) is 6.18 Å². The Balaban J connectivity index is 3.51. The minimum absolute atomic E-state index is 0.436. The fraction of sp³-hybridized carbons (Fsp3) is 0.111. The van der Waals surface area contributed by atoms with Crippen molar-refractivity contribution in [3.63, 3.8) is 0 Å². The first-order chi connectivity index (χ1) is 6.88. The average Bonchev–Trinajstić information content (AvgIpc) is 2.15. The fourth-order valence-corrected chi connectivity index (χ4v) is 1.23. The van der Waals surface area contributed by atoms with E-state index < -0.39 is 28.1 Å². The minimum Gasteiger partial charge on any atom is -0.276 e. The van der Waals surface area contributed by atoms with Crippen LogP contribution in [0.15, 0.2) is 18.2 Å². The van der Waals surface area contributed by atoms with Crippen molar-refractivity contribution < 1.29 is 18.0 Å². The second kappa shape index (κ2) is 3.91. The van der Waals surface area contributed by atoms with Gasteiger partial charge in [-0.25, -0.2) is 0 Å². The van der Waals surface area contributed by atoms with Gasteiger partial charge in [0.1, 0.15) is 6.07 Å². The quantitative estimate of drug-likeness (QED) is 0.700. The highest BCUT2D eigenvalue weighted by molar-refractivity contribution is 6.68. The maximum Gasteiger partial charge on any atom is 0.417 e. The van der Waals surface area contributed by atoms with Crippen molar-refractivity contribution in [1.82, 2.24) is 0 Å². The topological polar surface area (TPSA) is 40.9 Å². The van der Waals surface area contributed by atoms with Crippen LogP contribution in [0.4, 0.5) is 13.2 Å². The smallest absolute Gasteiger partial charge is 0.276 e. The zero-order chi connectivity index (χ0) is 11.6. The highest BCUT2D eigenvalue weighted by atomic mass is 35.5. The third-order valence-electron chi connectivity index (χ3n) is 1.69. The molecule has 0 radical (unpaired) electrons. The standard InChI is InChI=1S/C9H3ClF3NO/c10-8(15)5-2-1-3-7(6(5)4-14)9(11,12)13/h1-3H. The van der Waals surface area contributed by atoms with E-state index in [9.17, 15) is 18.0 Å². The molecule has 0 atom stereocenters. The molecule has 0 fully saturated rings. The number of alkyl halides is 3. The van der Waals surface area contributed by atoms with Gasteiger partial charge in [0.2, 0.25) is 0 Å². The fourth-order valence-electron chi connectivity index (χ4n) is 1.07. The molecule has 0 aliphatic rings. The van der Waals surface area contributed by atoms with E-state index in [1.54, 1.807) is 0 Å². The van der Waals surface area contributed by atoms with E-state index in [-0.39, 0.29) is 0 Å². The molecule has 1 aromatic rings. The lowest BCUT2D eigenvalue weighted by Gasteiger charge is -2.09. The number of benzene rings is 1. The van der Waals surface area contributed by atoms with Crippen LogP contribution in [0.2, 0.25) is 0 Å². The lowest BCUT2D eigenvalue weighted by molar-refractivity contribution is -0.137. The molecule has 2 nitrogen and oxygen atoms in total. The number of carbonyl (C=O) groups is 1. The van der Waals surface area contributed by atoms with Crippen molar-refractivity contribution >= 4 is 16.8 Å². The summed E-state index contributed by atoms with van der Waals surface area (Å²) in [4.78, 5) is 10.8. The zero-order valence-electron chi connectivity index (χ0n) is 7.10.